The molecule has 2 aromatic heterocycles. The molecule has 0 aromatic carbocycles. The fourth-order valence-corrected chi connectivity index (χ4v) is 3.39. The van der Waals surface area contributed by atoms with E-state index < -0.39 is 0 Å². The summed E-state index contributed by atoms with van der Waals surface area (Å²) in [6.07, 6.45) is 5.75. The molecule has 0 aliphatic carbocycles. The van der Waals surface area contributed by atoms with Crippen LogP contribution in [0.2, 0.25) is 0 Å². The van der Waals surface area contributed by atoms with Crippen LogP contribution in [0.3, 0.4) is 0 Å². The largest absolute Gasteiger partial charge is 0.317 e. The maximum Gasteiger partial charge on any atom is 0.259 e. The number of hydrogen-bond acceptors (Lipinski definition) is 5. The first kappa shape index (κ1) is 16.9. The molecule has 0 saturated carbocycles. The Balaban J connectivity index is 0.00000176. The molecule has 5 nitrogen and oxygen atoms in total. The number of aryl methyl sites for hydroxylation is 1. The van der Waals surface area contributed by atoms with E-state index in [2.05, 4.69) is 20.6 Å². The van der Waals surface area contributed by atoms with E-state index in [1.54, 1.807) is 23.6 Å². The SMILES string of the molecule is Cc1ccc(C(=O)Nc2ncc(C3CCNCC3)s2)cn1.Cl. The second kappa shape index (κ2) is 7.67. The van der Waals surface area contributed by atoms with Gasteiger partial charge in [-0.3, -0.25) is 15.1 Å². The maximum atomic E-state index is 12.1. The van der Waals surface area contributed by atoms with Crippen molar-refractivity contribution in [2.24, 2.45) is 0 Å². The third-order valence-corrected chi connectivity index (χ3v) is 4.73. The molecule has 1 fully saturated rings. The Bertz CT molecular complexity index is 623. The van der Waals surface area contributed by atoms with Gasteiger partial charge in [0.2, 0.25) is 0 Å². The number of nitrogens with one attached hydrogen (secondary N) is 2. The van der Waals surface area contributed by atoms with Crippen LogP contribution in [0.4, 0.5) is 5.13 Å². The number of rotatable bonds is 3. The van der Waals surface area contributed by atoms with Crippen LogP contribution in [0.5, 0.6) is 0 Å². The lowest BCUT2D eigenvalue weighted by atomic mass is 9.97. The number of piperidine rings is 1. The zero-order valence-electron chi connectivity index (χ0n) is 12.3. The second-order valence-electron chi connectivity index (χ2n) is 5.23. The summed E-state index contributed by atoms with van der Waals surface area (Å²) < 4.78 is 0. The highest BCUT2D eigenvalue weighted by molar-refractivity contribution is 7.15. The molecule has 2 N–H and O–H groups in total. The summed E-state index contributed by atoms with van der Waals surface area (Å²) >= 11 is 1.57. The molecule has 0 bridgehead atoms. The minimum atomic E-state index is -0.159. The first-order valence-corrected chi connectivity index (χ1v) is 7.94. The van der Waals surface area contributed by atoms with Crippen LogP contribution in [-0.2, 0) is 0 Å². The first-order valence-electron chi connectivity index (χ1n) is 7.13. The molecule has 3 rings (SSSR count). The second-order valence-corrected chi connectivity index (χ2v) is 6.30. The number of hydrogen-bond donors (Lipinski definition) is 2. The molecule has 22 heavy (non-hydrogen) atoms. The minimum absolute atomic E-state index is 0. The Hall–Kier alpha value is -1.50. The van der Waals surface area contributed by atoms with Gasteiger partial charge in [-0.15, -0.1) is 23.7 Å². The summed E-state index contributed by atoms with van der Waals surface area (Å²) in [5, 5.41) is 6.87. The van der Waals surface area contributed by atoms with Crippen LogP contribution in [0.25, 0.3) is 0 Å². The quantitative estimate of drug-likeness (QED) is 0.902. The monoisotopic (exact) mass is 338 g/mol. The molecule has 2 aromatic rings. The lowest BCUT2D eigenvalue weighted by Crippen LogP contribution is -2.26. The average Bonchev–Trinajstić information content (AvgIpc) is 2.97. The predicted octanol–water partition coefficient (Wildman–Crippen LogP) is 2.99. The highest BCUT2D eigenvalue weighted by Crippen LogP contribution is 2.31. The van der Waals surface area contributed by atoms with Gasteiger partial charge >= 0.3 is 0 Å². The van der Waals surface area contributed by atoms with Crippen molar-refractivity contribution >= 4 is 34.8 Å². The normalized spacial score (nSPS) is 15.1. The van der Waals surface area contributed by atoms with E-state index in [1.165, 1.54) is 4.88 Å². The number of amides is 1. The van der Waals surface area contributed by atoms with Gasteiger partial charge in [-0.25, -0.2) is 4.98 Å². The van der Waals surface area contributed by atoms with Crippen LogP contribution < -0.4 is 10.6 Å². The third kappa shape index (κ3) is 4.03. The van der Waals surface area contributed by atoms with Gasteiger partial charge in [-0.05, 0) is 50.9 Å². The van der Waals surface area contributed by atoms with Gasteiger partial charge in [-0.2, -0.15) is 0 Å². The van der Waals surface area contributed by atoms with Gasteiger partial charge in [0, 0.05) is 23.0 Å². The van der Waals surface area contributed by atoms with Gasteiger partial charge in [-0.1, -0.05) is 0 Å². The highest BCUT2D eigenvalue weighted by Gasteiger charge is 2.18. The molecule has 0 unspecified atom stereocenters. The van der Waals surface area contributed by atoms with Gasteiger partial charge in [0.15, 0.2) is 5.13 Å². The van der Waals surface area contributed by atoms with Crippen molar-refractivity contribution in [1.29, 1.82) is 0 Å². The van der Waals surface area contributed by atoms with E-state index in [9.17, 15) is 4.79 Å². The average molecular weight is 339 g/mol. The Morgan fingerprint density at radius 2 is 2.05 bits per heavy atom. The van der Waals surface area contributed by atoms with Crippen LogP contribution in [0.15, 0.2) is 24.5 Å². The van der Waals surface area contributed by atoms with Crippen molar-refractivity contribution < 1.29 is 4.79 Å². The van der Waals surface area contributed by atoms with Crippen molar-refractivity contribution in [1.82, 2.24) is 15.3 Å². The predicted molar refractivity (Wildman–Crippen MR) is 91.1 cm³/mol. The molecule has 3 heterocycles. The van der Waals surface area contributed by atoms with Crippen LogP contribution in [-0.4, -0.2) is 29.0 Å². The molecular weight excluding hydrogens is 320 g/mol. The van der Waals surface area contributed by atoms with Crippen molar-refractivity contribution in [3.8, 4) is 0 Å². The Labute approximate surface area is 140 Å². The van der Waals surface area contributed by atoms with Crippen LogP contribution in [0.1, 0.15) is 39.7 Å². The number of carbonyl (C=O) groups excluding carboxylic acids is 1. The molecule has 1 saturated heterocycles. The Morgan fingerprint density at radius 1 is 1.27 bits per heavy atom. The summed E-state index contributed by atoms with van der Waals surface area (Å²) in [7, 11) is 0. The molecule has 1 amide bonds. The van der Waals surface area contributed by atoms with Crippen LogP contribution >= 0.6 is 23.7 Å². The van der Waals surface area contributed by atoms with Gasteiger partial charge in [0.1, 0.15) is 0 Å². The number of thiazole rings is 1. The topological polar surface area (TPSA) is 66.9 Å². The fourth-order valence-electron chi connectivity index (χ4n) is 2.41. The highest BCUT2D eigenvalue weighted by atomic mass is 35.5. The zero-order chi connectivity index (χ0) is 14.7. The minimum Gasteiger partial charge on any atom is -0.317 e. The number of aromatic nitrogens is 2. The van der Waals surface area contributed by atoms with E-state index in [0.717, 1.165) is 31.6 Å². The maximum absolute atomic E-state index is 12.1. The number of halogens is 1. The number of pyridine rings is 1. The molecule has 7 heteroatoms. The van der Waals surface area contributed by atoms with Crippen molar-refractivity contribution in [3.05, 3.63) is 40.7 Å². The number of carbonyl (C=O) groups is 1. The van der Waals surface area contributed by atoms with E-state index in [0.29, 0.717) is 16.6 Å². The molecule has 0 atom stereocenters. The summed E-state index contributed by atoms with van der Waals surface area (Å²) in [5.41, 5.74) is 1.45. The van der Waals surface area contributed by atoms with Gasteiger partial charge in [0.05, 0.1) is 5.56 Å². The molecular formula is C15H19ClN4OS. The zero-order valence-corrected chi connectivity index (χ0v) is 14.0. The summed E-state index contributed by atoms with van der Waals surface area (Å²) in [6, 6.07) is 3.61. The molecule has 118 valence electrons. The molecule has 1 aliphatic rings. The Kier molecular flexibility index (Phi) is 5.88. The lowest BCUT2D eigenvalue weighted by molar-refractivity contribution is 0.102. The van der Waals surface area contributed by atoms with Crippen LogP contribution in [0, 0.1) is 6.92 Å². The first-order chi connectivity index (χ1) is 10.2. The summed E-state index contributed by atoms with van der Waals surface area (Å²) in [5.74, 6) is 0.407. The number of nitrogens with zero attached hydrogens (tertiary/aromatic N) is 2. The molecule has 0 spiro atoms. The van der Waals surface area contributed by atoms with E-state index in [1.807, 2.05) is 19.2 Å². The van der Waals surface area contributed by atoms with E-state index in [4.69, 9.17) is 0 Å². The standard InChI is InChI=1S/C15H18N4OS.ClH/c1-10-2-3-12(8-17-10)14(20)19-15-18-9-13(21-15)11-4-6-16-7-5-11;/h2-3,8-9,11,16H,4-7H2,1H3,(H,18,19,20);1H. The van der Waals surface area contributed by atoms with Gasteiger partial charge < -0.3 is 5.32 Å². The number of anilines is 1. The Morgan fingerprint density at radius 3 is 2.73 bits per heavy atom. The fraction of sp³-hybridized carbons (Fsp3) is 0.400. The lowest BCUT2D eigenvalue weighted by Gasteiger charge is -2.20. The summed E-state index contributed by atoms with van der Waals surface area (Å²) in [4.78, 5) is 21.8. The van der Waals surface area contributed by atoms with Crippen molar-refractivity contribution in [3.63, 3.8) is 0 Å². The smallest absolute Gasteiger partial charge is 0.259 e. The molecule has 1 aliphatic heterocycles. The van der Waals surface area contributed by atoms with Crippen molar-refractivity contribution in [2.45, 2.75) is 25.7 Å². The summed E-state index contributed by atoms with van der Waals surface area (Å²) in [6.45, 7) is 4.01. The van der Waals surface area contributed by atoms with Gasteiger partial charge in [0.25, 0.3) is 5.91 Å². The third-order valence-electron chi connectivity index (χ3n) is 3.66. The van der Waals surface area contributed by atoms with E-state index in [-0.39, 0.29) is 18.3 Å². The van der Waals surface area contributed by atoms with Crippen molar-refractivity contribution in [2.75, 3.05) is 18.4 Å². The molecule has 0 radical (unpaired) electrons. The van der Waals surface area contributed by atoms with E-state index >= 15 is 0 Å².